The summed E-state index contributed by atoms with van der Waals surface area (Å²) in [6, 6.07) is 3.88. The molecule has 0 heterocycles. The number of hydrogen-bond acceptors (Lipinski definition) is 4. The van der Waals surface area contributed by atoms with Crippen LogP contribution in [-0.2, 0) is 0 Å². The van der Waals surface area contributed by atoms with Crippen LogP contribution in [0.1, 0.15) is 111 Å². The Hall–Kier alpha value is -0.290. The third-order valence-corrected chi connectivity index (χ3v) is 7.09. The largest absolute Gasteiger partial charge is 0.323 e. The van der Waals surface area contributed by atoms with Crippen molar-refractivity contribution in [2.24, 2.45) is 0 Å². The van der Waals surface area contributed by atoms with Crippen LogP contribution in [0.4, 0.5) is 0 Å². The van der Waals surface area contributed by atoms with Crippen LogP contribution in [0, 0.1) is 0 Å². The van der Waals surface area contributed by atoms with E-state index in [1.54, 1.807) is 0 Å². The second kappa shape index (κ2) is 15.1. The summed E-state index contributed by atoms with van der Waals surface area (Å²) < 4.78 is 0. The van der Waals surface area contributed by atoms with E-state index in [2.05, 4.69) is 130 Å². The molecule has 0 fully saturated rings. The lowest BCUT2D eigenvalue weighted by Crippen LogP contribution is -2.63. The molecule has 0 aliphatic carbocycles. The predicted octanol–water partition coefficient (Wildman–Crippen LogP) is 6.99. The summed E-state index contributed by atoms with van der Waals surface area (Å²) in [7, 11) is 0. The van der Waals surface area contributed by atoms with Gasteiger partial charge in [-0.05, 0) is 61.0 Å². The molecule has 0 atom stereocenters. The van der Waals surface area contributed by atoms with Gasteiger partial charge in [-0.1, -0.05) is 116 Å². The molecule has 0 bridgehead atoms. The molecule has 200 valence electrons. The first-order valence-electron chi connectivity index (χ1n) is 14.2. The second-order valence-electron chi connectivity index (χ2n) is 12.7. The van der Waals surface area contributed by atoms with Crippen LogP contribution in [0.15, 0.2) is 12.2 Å². The standard InChI is InChI=1S/C28H62B2N4/c1-20(2)31(21(3)4)29(32(22(5)6)23(7)8)18-28(17)19-30(33(24(9)10)25(11)12)34(26(13)14)27(15)16/h20-27H,17-19H2,1-16H3. The SMILES string of the molecule is C=C(CB(N(C(C)C)C(C)C)N(C(C)C)C(C)C)CB(N(C(C)C)C(C)C)N(C(C)C)C(C)C. The Morgan fingerprint density at radius 3 is 0.676 bits per heavy atom. The van der Waals surface area contributed by atoms with E-state index in [1.807, 2.05) is 0 Å². The van der Waals surface area contributed by atoms with E-state index in [1.165, 1.54) is 5.57 Å². The minimum atomic E-state index is 0.353. The minimum Gasteiger partial charge on any atom is -0.323 e. The highest BCUT2D eigenvalue weighted by atomic mass is 15.3. The Kier molecular flexibility index (Phi) is 14.9. The molecule has 0 aromatic heterocycles. The van der Waals surface area contributed by atoms with Gasteiger partial charge in [0.1, 0.15) is 0 Å². The molecule has 0 unspecified atom stereocenters. The summed E-state index contributed by atoms with van der Waals surface area (Å²) in [5.41, 5.74) is 1.37. The Morgan fingerprint density at radius 2 is 0.559 bits per heavy atom. The molecule has 0 saturated heterocycles. The lowest BCUT2D eigenvalue weighted by molar-refractivity contribution is 0.220. The quantitative estimate of drug-likeness (QED) is 0.176. The van der Waals surface area contributed by atoms with Crippen molar-refractivity contribution in [3.8, 4) is 0 Å². The summed E-state index contributed by atoms with van der Waals surface area (Å²) in [4.78, 5) is 10.8. The smallest absolute Gasteiger partial charge is 0.315 e. The van der Waals surface area contributed by atoms with Gasteiger partial charge < -0.3 is 19.2 Å². The number of allylic oxidation sites excluding steroid dienone is 1. The molecule has 4 nitrogen and oxygen atoms in total. The Morgan fingerprint density at radius 1 is 0.412 bits per heavy atom. The fraction of sp³-hybridized carbons (Fsp3) is 0.929. The highest BCUT2D eigenvalue weighted by Crippen LogP contribution is 2.28. The van der Waals surface area contributed by atoms with Crippen LogP contribution in [0.2, 0.25) is 12.6 Å². The highest BCUT2D eigenvalue weighted by molar-refractivity contribution is 6.56. The minimum absolute atomic E-state index is 0.353. The van der Waals surface area contributed by atoms with E-state index in [4.69, 9.17) is 6.58 Å². The van der Waals surface area contributed by atoms with Crippen molar-refractivity contribution in [1.29, 1.82) is 0 Å². The predicted molar refractivity (Wildman–Crippen MR) is 159 cm³/mol. The fourth-order valence-corrected chi connectivity index (χ4v) is 6.47. The Labute approximate surface area is 217 Å². The second-order valence-corrected chi connectivity index (χ2v) is 12.7. The van der Waals surface area contributed by atoms with Crippen molar-refractivity contribution in [3.63, 3.8) is 0 Å². The van der Waals surface area contributed by atoms with Gasteiger partial charge in [-0.25, -0.2) is 0 Å². The van der Waals surface area contributed by atoms with Crippen LogP contribution >= 0.6 is 0 Å². The molecule has 0 rings (SSSR count). The van der Waals surface area contributed by atoms with Crippen molar-refractivity contribution < 1.29 is 0 Å². The van der Waals surface area contributed by atoms with Crippen LogP contribution in [0.5, 0.6) is 0 Å². The zero-order chi connectivity index (χ0) is 27.1. The maximum Gasteiger partial charge on any atom is 0.315 e. The number of nitrogens with zero attached hydrogens (tertiary/aromatic N) is 4. The summed E-state index contributed by atoms with van der Waals surface area (Å²) in [6.07, 6.45) is 2.02. The van der Waals surface area contributed by atoms with Gasteiger partial charge in [0, 0.05) is 0 Å². The average molecular weight is 476 g/mol. The van der Waals surface area contributed by atoms with Crippen molar-refractivity contribution in [3.05, 3.63) is 12.2 Å². The molecular weight excluding hydrogens is 414 g/mol. The first-order valence-corrected chi connectivity index (χ1v) is 14.2. The van der Waals surface area contributed by atoms with Crippen LogP contribution in [0.25, 0.3) is 0 Å². The third-order valence-electron chi connectivity index (χ3n) is 7.09. The van der Waals surface area contributed by atoms with Gasteiger partial charge in [-0.3, -0.25) is 0 Å². The van der Waals surface area contributed by atoms with Gasteiger partial charge in [0.2, 0.25) is 0 Å². The molecular formula is C28H62B2N4. The monoisotopic (exact) mass is 477 g/mol. The Bertz CT molecular complexity index is 453. The summed E-state index contributed by atoms with van der Waals surface area (Å²) >= 11 is 0. The van der Waals surface area contributed by atoms with Crippen LogP contribution < -0.4 is 0 Å². The first kappa shape index (κ1) is 33.7. The topological polar surface area (TPSA) is 13.0 Å². The number of rotatable bonds is 16. The fourth-order valence-electron chi connectivity index (χ4n) is 6.47. The number of hydrogen-bond donors (Lipinski definition) is 0. The molecule has 0 aromatic rings. The van der Waals surface area contributed by atoms with Crippen LogP contribution in [-0.4, -0.2) is 81.5 Å². The zero-order valence-electron chi connectivity index (χ0n) is 26.2. The zero-order valence-corrected chi connectivity index (χ0v) is 26.2. The molecule has 0 saturated carbocycles. The maximum absolute atomic E-state index is 4.73. The van der Waals surface area contributed by atoms with E-state index in [-0.39, 0.29) is 0 Å². The van der Waals surface area contributed by atoms with Gasteiger partial charge in [0.25, 0.3) is 0 Å². The Balaban J connectivity index is 6.33. The molecule has 34 heavy (non-hydrogen) atoms. The lowest BCUT2D eigenvalue weighted by Gasteiger charge is -2.47. The van der Waals surface area contributed by atoms with E-state index < -0.39 is 0 Å². The average Bonchev–Trinajstić information content (AvgIpc) is 2.58. The van der Waals surface area contributed by atoms with Crippen molar-refractivity contribution in [1.82, 2.24) is 19.2 Å². The van der Waals surface area contributed by atoms with Crippen molar-refractivity contribution in [2.75, 3.05) is 0 Å². The van der Waals surface area contributed by atoms with E-state index in [9.17, 15) is 0 Å². The summed E-state index contributed by atoms with van der Waals surface area (Å²) in [5.74, 6) is 0. The molecule has 0 radical (unpaired) electrons. The summed E-state index contributed by atoms with van der Waals surface area (Å²) in [5, 5.41) is 0. The van der Waals surface area contributed by atoms with E-state index >= 15 is 0 Å². The van der Waals surface area contributed by atoms with Crippen molar-refractivity contribution >= 4 is 14.0 Å². The maximum atomic E-state index is 4.73. The van der Waals surface area contributed by atoms with Crippen LogP contribution in [0.3, 0.4) is 0 Å². The lowest BCUT2D eigenvalue weighted by atomic mass is 9.56. The van der Waals surface area contributed by atoms with Gasteiger partial charge in [0.15, 0.2) is 0 Å². The molecule has 0 aliphatic heterocycles. The normalized spacial score (nSPS) is 13.3. The van der Waals surface area contributed by atoms with E-state index in [0.717, 1.165) is 12.6 Å². The first-order chi connectivity index (χ1) is 15.4. The van der Waals surface area contributed by atoms with Gasteiger partial charge >= 0.3 is 14.0 Å². The van der Waals surface area contributed by atoms with Gasteiger partial charge in [0.05, 0.1) is 0 Å². The molecule has 0 N–H and O–H groups in total. The molecule has 0 spiro atoms. The van der Waals surface area contributed by atoms with Gasteiger partial charge in [-0.2, -0.15) is 0 Å². The third kappa shape index (κ3) is 9.64. The van der Waals surface area contributed by atoms with E-state index in [0.29, 0.717) is 62.3 Å². The molecule has 6 heteroatoms. The van der Waals surface area contributed by atoms with Crippen molar-refractivity contribution in [2.45, 2.75) is 172 Å². The summed E-state index contributed by atoms with van der Waals surface area (Å²) in [6.45, 7) is 42.9. The van der Waals surface area contributed by atoms with Gasteiger partial charge in [-0.15, -0.1) is 6.58 Å². The molecule has 0 amide bonds. The highest BCUT2D eigenvalue weighted by Gasteiger charge is 2.40. The molecule has 0 aliphatic rings. The molecule has 0 aromatic carbocycles.